The smallest absolute Gasteiger partial charge is 0.221 e. The van der Waals surface area contributed by atoms with E-state index in [1.165, 1.54) is 18.9 Å². The van der Waals surface area contributed by atoms with Gasteiger partial charge in [-0.05, 0) is 65.5 Å². The summed E-state index contributed by atoms with van der Waals surface area (Å²) in [5, 5.41) is 6.32. The fourth-order valence-electron chi connectivity index (χ4n) is 6.67. The summed E-state index contributed by atoms with van der Waals surface area (Å²) in [6, 6.07) is 8.28. The van der Waals surface area contributed by atoms with Crippen molar-refractivity contribution in [2.75, 3.05) is 11.9 Å². The van der Waals surface area contributed by atoms with Crippen LogP contribution in [0.5, 0.6) is 0 Å². The van der Waals surface area contributed by atoms with Crippen LogP contribution in [0.3, 0.4) is 0 Å². The van der Waals surface area contributed by atoms with E-state index in [4.69, 9.17) is 4.74 Å². The molecule has 1 unspecified atom stereocenters. The summed E-state index contributed by atoms with van der Waals surface area (Å²) in [6.45, 7) is 11.1. The lowest BCUT2D eigenvalue weighted by Crippen LogP contribution is -2.59. The van der Waals surface area contributed by atoms with Gasteiger partial charge in [0.05, 0.1) is 6.10 Å². The molecule has 2 amide bonds. The van der Waals surface area contributed by atoms with Gasteiger partial charge in [0.2, 0.25) is 11.8 Å². The third kappa shape index (κ3) is 3.55. The van der Waals surface area contributed by atoms with Crippen molar-refractivity contribution in [2.45, 2.75) is 72.4 Å². The lowest BCUT2D eigenvalue weighted by atomic mass is 9.59. The van der Waals surface area contributed by atoms with Gasteiger partial charge in [-0.3, -0.25) is 9.59 Å². The molecule has 0 aromatic heterocycles. The third-order valence-electron chi connectivity index (χ3n) is 7.96. The minimum Gasteiger partial charge on any atom is -0.373 e. The van der Waals surface area contributed by atoms with Gasteiger partial charge >= 0.3 is 0 Å². The Hall–Kier alpha value is -1.88. The van der Waals surface area contributed by atoms with Crippen LogP contribution in [0.2, 0.25) is 0 Å². The van der Waals surface area contributed by atoms with Crippen LogP contribution in [0.1, 0.15) is 72.0 Å². The molecule has 5 atom stereocenters. The Kier molecular flexibility index (Phi) is 5.46. The molecule has 1 aromatic rings. The molecule has 5 nitrogen and oxygen atoms in total. The number of hydrogen-bond acceptors (Lipinski definition) is 3. The number of hydrogen-bond donors (Lipinski definition) is 2. The molecule has 1 saturated heterocycles. The second-order valence-electron chi connectivity index (χ2n) is 10.7. The summed E-state index contributed by atoms with van der Waals surface area (Å²) in [6.07, 6.45) is 3.99. The van der Waals surface area contributed by atoms with E-state index < -0.39 is 0 Å². The number of nitrogens with one attached hydrogen (secondary N) is 2. The van der Waals surface area contributed by atoms with E-state index in [1.54, 1.807) is 0 Å². The average Bonchev–Trinajstić information content (AvgIpc) is 3.14. The highest BCUT2D eigenvalue weighted by Gasteiger charge is 2.68. The van der Waals surface area contributed by atoms with Crippen molar-refractivity contribution < 1.29 is 14.3 Å². The predicted molar refractivity (Wildman–Crippen MR) is 118 cm³/mol. The number of fused-ring (bicyclic) bond motifs is 1. The first-order valence-electron chi connectivity index (χ1n) is 11.4. The Morgan fingerprint density at radius 3 is 2.53 bits per heavy atom. The maximum absolute atomic E-state index is 12.7. The molecule has 164 valence electrons. The van der Waals surface area contributed by atoms with Crippen LogP contribution < -0.4 is 10.6 Å². The van der Waals surface area contributed by atoms with Crippen LogP contribution in [0.4, 0.5) is 5.69 Å². The fourth-order valence-corrected chi connectivity index (χ4v) is 6.67. The van der Waals surface area contributed by atoms with Crippen LogP contribution in [0.25, 0.3) is 0 Å². The molecule has 1 heterocycles. The van der Waals surface area contributed by atoms with Crippen LogP contribution >= 0.6 is 0 Å². The van der Waals surface area contributed by atoms with Crippen molar-refractivity contribution >= 4 is 17.5 Å². The van der Waals surface area contributed by atoms with Gasteiger partial charge in [0, 0.05) is 31.7 Å². The maximum Gasteiger partial charge on any atom is 0.221 e. The summed E-state index contributed by atoms with van der Waals surface area (Å²) in [7, 11) is 0. The van der Waals surface area contributed by atoms with Crippen molar-refractivity contribution in [1.82, 2.24) is 5.32 Å². The van der Waals surface area contributed by atoms with E-state index in [0.29, 0.717) is 24.2 Å². The van der Waals surface area contributed by atoms with Gasteiger partial charge in [-0.15, -0.1) is 0 Å². The molecule has 1 aliphatic heterocycles. The van der Waals surface area contributed by atoms with Crippen molar-refractivity contribution in [3.05, 3.63) is 29.8 Å². The molecule has 1 spiro atoms. The van der Waals surface area contributed by atoms with Crippen LogP contribution in [0, 0.1) is 28.6 Å². The quantitative estimate of drug-likeness (QED) is 0.737. The SMILES string of the molecule is CC(=O)Nc1ccc([C@H]2OCCC34C[C@@H](C[C@H]23)C(C)(C)[C@@H]4NC(=O)CC(C)C)cc1. The van der Waals surface area contributed by atoms with Crippen LogP contribution in [-0.2, 0) is 14.3 Å². The second kappa shape index (κ2) is 7.67. The molecule has 2 aliphatic carbocycles. The standard InChI is InChI=1S/C25H36N2O3/c1-15(2)12-21(29)27-23-24(4,5)18-13-20-22(30-11-10-25(20,23)14-18)17-6-8-19(9-7-17)26-16(3)28/h6-9,15,18,20,22-23H,10-14H2,1-5H3,(H,26,28)(H,27,29)/t18-,20-,22-,23+,25?/m1/s1. The lowest BCUT2D eigenvalue weighted by Gasteiger charge is -2.53. The first-order valence-corrected chi connectivity index (χ1v) is 11.4. The molecule has 2 bridgehead atoms. The molecule has 2 N–H and O–H groups in total. The monoisotopic (exact) mass is 412 g/mol. The zero-order chi connectivity index (χ0) is 21.7. The molecular weight excluding hydrogens is 376 g/mol. The van der Waals surface area contributed by atoms with Crippen LogP contribution in [-0.4, -0.2) is 24.5 Å². The van der Waals surface area contributed by atoms with E-state index in [-0.39, 0.29) is 34.8 Å². The van der Waals surface area contributed by atoms with Gasteiger partial charge in [0.25, 0.3) is 0 Å². The highest BCUT2D eigenvalue weighted by atomic mass is 16.5. The number of anilines is 1. The summed E-state index contributed by atoms with van der Waals surface area (Å²) in [5.74, 6) is 1.51. The highest BCUT2D eigenvalue weighted by molar-refractivity contribution is 5.88. The minimum atomic E-state index is -0.0639. The maximum atomic E-state index is 12.7. The summed E-state index contributed by atoms with van der Waals surface area (Å²) >= 11 is 0. The minimum absolute atomic E-state index is 0.0516. The molecule has 4 rings (SSSR count). The summed E-state index contributed by atoms with van der Waals surface area (Å²) in [5.41, 5.74) is 2.20. The number of amides is 2. The zero-order valence-corrected chi connectivity index (χ0v) is 19.0. The van der Waals surface area contributed by atoms with Gasteiger partial charge in [0.1, 0.15) is 0 Å². The molecule has 1 aromatic carbocycles. The van der Waals surface area contributed by atoms with Gasteiger partial charge in [-0.25, -0.2) is 0 Å². The number of carbonyl (C=O) groups is 2. The van der Waals surface area contributed by atoms with Gasteiger partial charge in [-0.1, -0.05) is 39.8 Å². The first kappa shape index (κ1) is 21.4. The third-order valence-corrected chi connectivity index (χ3v) is 7.96. The molecule has 3 fully saturated rings. The first-order chi connectivity index (χ1) is 14.1. The van der Waals surface area contributed by atoms with E-state index in [2.05, 4.69) is 50.5 Å². The fraction of sp³-hybridized carbons (Fsp3) is 0.680. The van der Waals surface area contributed by atoms with Gasteiger partial charge in [0.15, 0.2) is 0 Å². The highest BCUT2D eigenvalue weighted by Crippen LogP contribution is 2.70. The van der Waals surface area contributed by atoms with E-state index in [9.17, 15) is 9.59 Å². The van der Waals surface area contributed by atoms with Gasteiger partial charge < -0.3 is 15.4 Å². The number of benzene rings is 1. The second-order valence-corrected chi connectivity index (χ2v) is 10.7. The zero-order valence-electron chi connectivity index (χ0n) is 19.0. The van der Waals surface area contributed by atoms with Crippen molar-refractivity contribution in [2.24, 2.45) is 28.6 Å². The number of carbonyl (C=O) groups excluding carboxylic acids is 2. The lowest BCUT2D eigenvalue weighted by molar-refractivity contribution is -0.137. The number of ether oxygens (including phenoxy) is 1. The van der Waals surface area contributed by atoms with Crippen LogP contribution in [0.15, 0.2) is 24.3 Å². The molecule has 30 heavy (non-hydrogen) atoms. The Labute approximate surface area is 180 Å². The molecule has 3 aliphatic rings. The van der Waals surface area contributed by atoms with E-state index in [0.717, 1.165) is 25.1 Å². The van der Waals surface area contributed by atoms with Crippen molar-refractivity contribution in [3.8, 4) is 0 Å². The van der Waals surface area contributed by atoms with E-state index in [1.807, 2.05) is 12.1 Å². The Morgan fingerprint density at radius 2 is 1.90 bits per heavy atom. The summed E-state index contributed by atoms with van der Waals surface area (Å²) < 4.78 is 6.33. The average molecular weight is 413 g/mol. The Morgan fingerprint density at radius 1 is 1.20 bits per heavy atom. The van der Waals surface area contributed by atoms with Gasteiger partial charge in [-0.2, -0.15) is 0 Å². The predicted octanol–water partition coefficient (Wildman–Crippen LogP) is 4.69. The molecule has 0 radical (unpaired) electrons. The van der Waals surface area contributed by atoms with Crippen molar-refractivity contribution in [3.63, 3.8) is 0 Å². The number of rotatable bonds is 5. The largest absolute Gasteiger partial charge is 0.373 e. The van der Waals surface area contributed by atoms with E-state index >= 15 is 0 Å². The summed E-state index contributed by atoms with van der Waals surface area (Å²) in [4.78, 5) is 24.1. The molecule has 5 heteroatoms. The van der Waals surface area contributed by atoms with Crippen molar-refractivity contribution in [1.29, 1.82) is 0 Å². The normalized spacial score (nSPS) is 33.9. The molecule has 2 saturated carbocycles. The Bertz CT molecular complexity index is 816. The Balaban J connectivity index is 1.59. The molecular formula is C25H36N2O3. The topological polar surface area (TPSA) is 67.4 Å².